The molecule has 2 heterocycles. The van der Waals surface area contributed by atoms with Crippen LogP contribution in [0.1, 0.15) is 0 Å². The van der Waals surface area contributed by atoms with Crippen molar-refractivity contribution in [3.63, 3.8) is 0 Å². The van der Waals surface area contributed by atoms with Gasteiger partial charge in [-0.3, -0.25) is 0 Å². The van der Waals surface area contributed by atoms with Gasteiger partial charge in [0.15, 0.2) is 0 Å². The minimum absolute atomic E-state index is 0.871. The van der Waals surface area contributed by atoms with Crippen molar-refractivity contribution >= 4 is 103 Å². The normalized spacial score (nSPS) is 11.9. The Hall–Kier alpha value is -7.20. The number of benzene rings is 10. The monoisotopic (exact) mass is 743 g/mol. The highest BCUT2D eigenvalue weighted by molar-refractivity contribution is 7.26. The highest BCUT2D eigenvalue weighted by Gasteiger charge is 2.27. The van der Waals surface area contributed by atoms with Crippen LogP contribution in [0, 0.1) is 0 Å². The third kappa shape index (κ3) is 4.89. The third-order valence-electron chi connectivity index (χ3n) is 11.7. The quantitative estimate of drug-likeness (QED) is 0.163. The van der Waals surface area contributed by atoms with Gasteiger partial charge < -0.3 is 9.32 Å². The maximum atomic E-state index is 6.99. The van der Waals surface area contributed by atoms with Crippen LogP contribution in [0.2, 0.25) is 0 Å². The molecule has 0 aliphatic heterocycles. The van der Waals surface area contributed by atoms with Crippen molar-refractivity contribution in [1.29, 1.82) is 0 Å². The van der Waals surface area contributed by atoms with Crippen molar-refractivity contribution in [2.24, 2.45) is 0 Å². The molecule has 0 saturated carbocycles. The second-order valence-electron chi connectivity index (χ2n) is 14.8. The van der Waals surface area contributed by atoms with Gasteiger partial charge in [-0.25, -0.2) is 0 Å². The van der Waals surface area contributed by atoms with Gasteiger partial charge in [-0.05, 0) is 80.0 Å². The van der Waals surface area contributed by atoms with Crippen LogP contribution in [0.5, 0.6) is 0 Å². The summed E-state index contributed by atoms with van der Waals surface area (Å²) in [5.41, 5.74) is 9.77. The average molecular weight is 744 g/mol. The molecule has 0 unspecified atom stereocenters. The van der Waals surface area contributed by atoms with Crippen LogP contribution in [0.15, 0.2) is 205 Å². The number of nitrogens with zero attached hydrogens (tertiary/aromatic N) is 1. The standard InChI is InChI=1S/C54H33NOS/c1-2-14-35(15-3-1)39-30-32-48(52-45-22-9-11-27-50(45)57-54(39)52)55(46-25-13-24-40-38-20-7-5-17-36(38)28-29-42(40)46)47-33-31-43(41-23-12-18-34-16-4-6-19-37(34)41)53-51(47)44-21-8-10-26-49(44)56-53/h1-33H. The first kappa shape index (κ1) is 32.1. The Kier molecular flexibility index (Phi) is 7.13. The van der Waals surface area contributed by atoms with Crippen molar-refractivity contribution in [3.05, 3.63) is 200 Å². The number of furan rings is 1. The second kappa shape index (κ2) is 12.7. The molecule has 0 bridgehead atoms. The summed E-state index contributed by atoms with van der Waals surface area (Å²) in [7, 11) is 0. The summed E-state index contributed by atoms with van der Waals surface area (Å²) in [6.45, 7) is 0. The van der Waals surface area contributed by atoms with E-state index in [0.717, 1.165) is 50.1 Å². The lowest BCUT2D eigenvalue weighted by atomic mass is 9.94. The molecule has 2 aromatic heterocycles. The molecule has 0 fully saturated rings. The summed E-state index contributed by atoms with van der Waals surface area (Å²) >= 11 is 1.87. The average Bonchev–Trinajstić information content (AvgIpc) is 3.87. The Balaban J connectivity index is 1.24. The summed E-state index contributed by atoms with van der Waals surface area (Å²) in [5.74, 6) is 0. The summed E-state index contributed by atoms with van der Waals surface area (Å²) < 4.78 is 9.53. The Bertz CT molecular complexity index is 3530. The van der Waals surface area contributed by atoms with E-state index in [4.69, 9.17) is 4.42 Å². The van der Waals surface area contributed by atoms with Gasteiger partial charge in [-0.1, -0.05) is 164 Å². The molecule has 12 aromatic rings. The van der Waals surface area contributed by atoms with Crippen molar-refractivity contribution < 1.29 is 4.42 Å². The lowest BCUT2D eigenvalue weighted by molar-refractivity contribution is 0.670. The van der Waals surface area contributed by atoms with E-state index in [1.54, 1.807) is 0 Å². The van der Waals surface area contributed by atoms with E-state index in [-0.39, 0.29) is 0 Å². The molecular weight excluding hydrogens is 711 g/mol. The van der Waals surface area contributed by atoms with Crippen molar-refractivity contribution in [3.8, 4) is 22.3 Å². The van der Waals surface area contributed by atoms with Crippen LogP contribution in [0.4, 0.5) is 17.1 Å². The van der Waals surface area contributed by atoms with E-state index in [1.807, 2.05) is 11.3 Å². The predicted octanol–water partition coefficient (Wildman–Crippen LogP) is 16.2. The molecule has 12 rings (SSSR count). The topological polar surface area (TPSA) is 16.4 Å². The van der Waals surface area contributed by atoms with Gasteiger partial charge in [-0.15, -0.1) is 11.3 Å². The zero-order valence-corrected chi connectivity index (χ0v) is 31.6. The Morgan fingerprint density at radius 1 is 0.351 bits per heavy atom. The largest absolute Gasteiger partial charge is 0.455 e. The third-order valence-corrected chi connectivity index (χ3v) is 12.9. The number of hydrogen-bond donors (Lipinski definition) is 0. The van der Waals surface area contributed by atoms with Crippen LogP contribution in [-0.4, -0.2) is 0 Å². The maximum absolute atomic E-state index is 6.99. The predicted molar refractivity (Wildman–Crippen MR) is 245 cm³/mol. The van der Waals surface area contributed by atoms with Gasteiger partial charge in [0, 0.05) is 36.5 Å². The Labute approximate surface area is 333 Å². The summed E-state index contributed by atoms with van der Waals surface area (Å²) in [6.07, 6.45) is 0. The number of hydrogen-bond acceptors (Lipinski definition) is 3. The molecular formula is C54H33NOS. The smallest absolute Gasteiger partial charge is 0.145 e. The second-order valence-corrected chi connectivity index (χ2v) is 15.8. The van der Waals surface area contributed by atoms with Gasteiger partial charge in [0.05, 0.1) is 22.4 Å². The Morgan fingerprint density at radius 3 is 1.84 bits per heavy atom. The molecule has 2 nitrogen and oxygen atoms in total. The van der Waals surface area contributed by atoms with E-state index in [1.165, 1.54) is 63.6 Å². The molecule has 0 radical (unpaired) electrons. The SMILES string of the molecule is c1ccc(-c2ccc(N(c3cccc4c3ccc3ccccc34)c3ccc(-c4cccc5ccccc45)c4oc5ccccc5c34)c3c2sc2ccccc23)cc1. The van der Waals surface area contributed by atoms with E-state index in [2.05, 4.69) is 205 Å². The number of anilines is 3. The molecule has 0 amide bonds. The molecule has 3 heteroatoms. The molecule has 0 spiro atoms. The number of thiophene rings is 1. The maximum Gasteiger partial charge on any atom is 0.145 e. The van der Waals surface area contributed by atoms with Gasteiger partial charge in [-0.2, -0.15) is 0 Å². The van der Waals surface area contributed by atoms with E-state index < -0.39 is 0 Å². The van der Waals surface area contributed by atoms with Crippen LogP contribution < -0.4 is 4.90 Å². The highest BCUT2D eigenvalue weighted by Crippen LogP contribution is 2.53. The van der Waals surface area contributed by atoms with Gasteiger partial charge in [0.1, 0.15) is 11.2 Å². The van der Waals surface area contributed by atoms with Crippen LogP contribution in [-0.2, 0) is 0 Å². The lowest BCUT2D eigenvalue weighted by Crippen LogP contribution is -2.11. The molecule has 57 heavy (non-hydrogen) atoms. The zero-order chi connectivity index (χ0) is 37.5. The van der Waals surface area contributed by atoms with Crippen molar-refractivity contribution in [2.75, 3.05) is 4.90 Å². The summed E-state index contributed by atoms with van der Waals surface area (Å²) in [5, 5.41) is 12.0. The number of para-hydroxylation sites is 1. The van der Waals surface area contributed by atoms with E-state index in [0.29, 0.717) is 0 Å². The zero-order valence-electron chi connectivity index (χ0n) is 30.8. The Morgan fingerprint density at radius 2 is 0.982 bits per heavy atom. The fourth-order valence-electron chi connectivity index (χ4n) is 9.12. The van der Waals surface area contributed by atoms with Crippen LogP contribution >= 0.6 is 11.3 Å². The van der Waals surface area contributed by atoms with E-state index >= 15 is 0 Å². The van der Waals surface area contributed by atoms with Crippen molar-refractivity contribution in [2.45, 2.75) is 0 Å². The molecule has 0 aliphatic rings. The van der Waals surface area contributed by atoms with Gasteiger partial charge in [0.25, 0.3) is 0 Å². The first-order valence-corrected chi connectivity index (χ1v) is 20.2. The van der Waals surface area contributed by atoms with E-state index in [9.17, 15) is 0 Å². The van der Waals surface area contributed by atoms with Gasteiger partial charge >= 0.3 is 0 Å². The van der Waals surface area contributed by atoms with Crippen LogP contribution in [0.3, 0.4) is 0 Å². The minimum Gasteiger partial charge on any atom is -0.455 e. The fourth-order valence-corrected chi connectivity index (χ4v) is 10.4. The molecule has 0 aliphatic carbocycles. The van der Waals surface area contributed by atoms with Crippen molar-refractivity contribution in [1.82, 2.24) is 0 Å². The minimum atomic E-state index is 0.871. The van der Waals surface area contributed by atoms with Crippen LogP contribution in [0.25, 0.3) is 96.7 Å². The number of rotatable bonds is 5. The molecule has 0 N–H and O–H groups in total. The first-order chi connectivity index (χ1) is 28.3. The summed E-state index contributed by atoms with van der Waals surface area (Å²) in [4.78, 5) is 2.52. The molecule has 10 aromatic carbocycles. The summed E-state index contributed by atoms with van der Waals surface area (Å²) in [6, 6.07) is 72.7. The molecule has 266 valence electrons. The highest BCUT2D eigenvalue weighted by atomic mass is 32.1. The fraction of sp³-hybridized carbons (Fsp3) is 0. The molecule has 0 atom stereocenters. The molecule has 0 saturated heterocycles. The van der Waals surface area contributed by atoms with Gasteiger partial charge in [0.2, 0.25) is 0 Å². The lowest BCUT2D eigenvalue weighted by Gasteiger charge is -2.29. The number of fused-ring (bicyclic) bond motifs is 10. The first-order valence-electron chi connectivity index (χ1n) is 19.4.